The molecule has 0 unspecified atom stereocenters. The average molecular weight is 243 g/mol. The fraction of sp³-hybridized carbons (Fsp3) is 0.200. The van der Waals surface area contributed by atoms with Crippen molar-refractivity contribution in [2.75, 3.05) is 0 Å². The van der Waals surface area contributed by atoms with Crippen LogP contribution >= 0.6 is 0 Å². The first-order chi connectivity index (χ1) is 8.06. The lowest BCUT2D eigenvalue weighted by molar-refractivity contribution is 0.267. The molecule has 0 atom stereocenters. The maximum atomic E-state index is 13.5. The Bertz CT molecular complexity index is 568. The molecule has 0 bridgehead atoms. The molecule has 4 nitrogen and oxygen atoms in total. The number of hydrogen-bond acceptors (Lipinski definition) is 3. The summed E-state index contributed by atoms with van der Waals surface area (Å²) in [6.45, 7) is -0.380. The third kappa shape index (κ3) is 1.78. The highest BCUT2D eigenvalue weighted by Crippen LogP contribution is 2.24. The first kappa shape index (κ1) is 11.6. The van der Waals surface area contributed by atoms with E-state index in [0.29, 0.717) is 0 Å². The summed E-state index contributed by atoms with van der Waals surface area (Å²) in [7, 11) is 1.49. The number of nitrogens with zero attached hydrogens (tertiary/aromatic N) is 3. The van der Waals surface area contributed by atoms with E-state index in [1.165, 1.54) is 11.6 Å². The van der Waals surface area contributed by atoms with Crippen LogP contribution in [-0.4, -0.2) is 19.9 Å². The zero-order chi connectivity index (χ0) is 12.6. The minimum Gasteiger partial charge on any atom is -0.388 e. The molecule has 1 aromatic heterocycles. The van der Waals surface area contributed by atoms with Gasteiger partial charge in [-0.1, -0.05) is 0 Å². The van der Waals surface area contributed by atoms with E-state index >= 15 is 0 Å². The number of hydrogen-bond donors (Lipinski definition) is 1. The van der Waals surface area contributed by atoms with E-state index in [-0.39, 0.29) is 23.8 Å². The number of aliphatic hydroxyl groups is 1. The highest BCUT2D eigenvalue weighted by molar-refractivity contribution is 5.56. The summed E-state index contributed by atoms with van der Waals surface area (Å²) >= 11 is 0. The molecule has 0 aliphatic heterocycles. The Labute approximate surface area is 94.3 Å². The van der Waals surface area contributed by atoms with Gasteiger partial charge in [-0.3, -0.25) is 0 Å². The lowest BCUT2D eigenvalue weighted by Crippen LogP contribution is -2.02. The largest absolute Gasteiger partial charge is 0.388 e. The molecule has 1 aromatic carbocycles. The van der Waals surface area contributed by atoms with Crippen LogP contribution in [0.1, 0.15) is 5.82 Å². The zero-order valence-corrected chi connectivity index (χ0v) is 8.78. The van der Waals surface area contributed by atoms with Crippen LogP contribution in [0.3, 0.4) is 0 Å². The summed E-state index contributed by atoms with van der Waals surface area (Å²) < 4.78 is 40.6. The number of benzene rings is 1. The number of halogens is 3. The highest BCUT2D eigenvalue weighted by Gasteiger charge is 2.19. The molecule has 0 fully saturated rings. The van der Waals surface area contributed by atoms with Crippen LogP contribution in [0.15, 0.2) is 12.1 Å². The number of aliphatic hydroxyl groups excluding tert-OH is 1. The van der Waals surface area contributed by atoms with Crippen LogP contribution in [0.25, 0.3) is 11.4 Å². The Hall–Kier alpha value is -1.89. The van der Waals surface area contributed by atoms with E-state index in [1.54, 1.807) is 0 Å². The van der Waals surface area contributed by atoms with E-state index in [9.17, 15) is 13.2 Å². The first-order valence-corrected chi connectivity index (χ1v) is 4.69. The molecular weight excluding hydrogens is 235 g/mol. The molecular formula is C10H8F3N3O. The molecule has 0 aliphatic rings. The van der Waals surface area contributed by atoms with E-state index in [2.05, 4.69) is 10.2 Å². The minimum atomic E-state index is -1.56. The lowest BCUT2D eigenvalue weighted by Gasteiger charge is -2.04. The van der Waals surface area contributed by atoms with Crippen molar-refractivity contribution < 1.29 is 18.3 Å². The van der Waals surface area contributed by atoms with Crippen LogP contribution < -0.4 is 0 Å². The Balaban J connectivity index is 2.61. The van der Waals surface area contributed by atoms with Gasteiger partial charge in [-0.2, -0.15) is 0 Å². The van der Waals surface area contributed by atoms with Crippen molar-refractivity contribution in [1.29, 1.82) is 0 Å². The topological polar surface area (TPSA) is 50.9 Å². The van der Waals surface area contributed by atoms with E-state index < -0.39 is 17.5 Å². The summed E-state index contributed by atoms with van der Waals surface area (Å²) in [6.07, 6.45) is 0. The van der Waals surface area contributed by atoms with Gasteiger partial charge in [0, 0.05) is 7.05 Å². The summed E-state index contributed by atoms with van der Waals surface area (Å²) in [6, 6.07) is 1.87. The summed E-state index contributed by atoms with van der Waals surface area (Å²) in [5.41, 5.74) is -0.210. The molecule has 7 heteroatoms. The molecule has 0 amide bonds. The van der Waals surface area contributed by atoms with Crippen LogP contribution in [0, 0.1) is 17.5 Å². The molecule has 90 valence electrons. The SMILES string of the molecule is Cn1c(CO)nnc1-c1ccc(F)c(F)c1F. The molecule has 1 heterocycles. The third-order valence-corrected chi connectivity index (χ3v) is 2.38. The smallest absolute Gasteiger partial charge is 0.195 e. The molecule has 1 N–H and O–H groups in total. The molecule has 0 radical (unpaired) electrons. The fourth-order valence-corrected chi connectivity index (χ4v) is 1.43. The van der Waals surface area contributed by atoms with Gasteiger partial charge in [-0.05, 0) is 12.1 Å². The fourth-order valence-electron chi connectivity index (χ4n) is 1.43. The Morgan fingerprint density at radius 1 is 1.18 bits per heavy atom. The van der Waals surface area contributed by atoms with Crippen molar-refractivity contribution in [3.63, 3.8) is 0 Å². The monoisotopic (exact) mass is 243 g/mol. The lowest BCUT2D eigenvalue weighted by atomic mass is 10.2. The van der Waals surface area contributed by atoms with Crippen LogP contribution in [-0.2, 0) is 13.7 Å². The number of aromatic nitrogens is 3. The number of rotatable bonds is 2. The Morgan fingerprint density at radius 3 is 2.47 bits per heavy atom. The van der Waals surface area contributed by atoms with E-state index in [1.807, 2.05) is 0 Å². The standard InChI is InChI=1S/C10H8F3N3O/c1-16-7(4-17)14-15-10(16)5-2-3-6(11)9(13)8(5)12/h2-3,17H,4H2,1H3. The molecule has 2 aromatic rings. The van der Waals surface area contributed by atoms with Gasteiger partial charge in [0.1, 0.15) is 6.61 Å². The van der Waals surface area contributed by atoms with Crippen molar-refractivity contribution in [2.45, 2.75) is 6.61 Å². The van der Waals surface area contributed by atoms with Crippen molar-refractivity contribution >= 4 is 0 Å². The van der Waals surface area contributed by atoms with Crippen LogP contribution in [0.2, 0.25) is 0 Å². The summed E-state index contributed by atoms with van der Waals surface area (Å²) in [4.78, 5) is 0. The maximum absolute atomic E-state index is 13.5. The predicted molar refractivity (Wildman–Crippen MR) is 52.2 cm³/mol. The Morgan fingerprint density at radius 2 is 1.88 bits per heavy atom. The highest BCUT2D eigenvalue weighted by atomic mass is 19.2. The van der Waals surface area contributed by atoms with Gasteiger partial charge in [0.15, 0.2) is 29.1 Å². The van der Waals surface area contributed by atoms with Gasteiger partial charge in [-0.25, -0.2) is 13.2 Å². The molecule has 0 aliphatic carbocycles. The van der Waals surface area contributed by atoms with Gasteiger partial charge in [0.25, 0.3) is 0 Å². The third-order valence-electron chi connectivity index (χ3n) is 2.38. The molecule has 0 spiro atoms. The average Bonchev–Trinajstić information content (AvgIpc) is 2.68. The maximum Gasteiger partial charge on any atom is 0.195 e. The van der Waals surface area contributed by atoms with Gasteiger partial charge in [0.2, 0.25) is 0 Å². The second-order valence-corrected chi connectivity index (χ2v) is 3.38. The first-order valence-electron chi connectivity index (χ1n) is 4.69. The summed E-state index contributed by atoms with van der Waals surface area (Å²) in [5, 5.41) is 16.1. The second-order valence-electron chi connectivity index (χ2n) is 3.38. The summed E-state index contributed by atoms with van der Waals surface area (Å²) in [5.74, 6) is -3.94. The van der Waals surface area contributed by atoms with Crippen molar-refractivity contribution in [1.82, 2.24) is 14.8 Å². The second kappa shape index (κ2) is 4.17. The van der Waals surface area contributed by atoms with Gasteiger partial charge in [-0.15, -0.1) is 10.2 Å². The molecule has 17 heavy (non-hydrogen) atoms. The Kier molecular flexibility index (Phi) is 2.84. The van der Waals surface area contributed by atoms with Gasteiger partial charge in [0.05, 0.1) is 5.56 Å². The quantitative estimate of drug-likeness (QED) is 0.811. The van der Waals surface area contributed by atoms with E-state index in [4.69, 9.17) is 5.11 Å². The molecule has 0 saturated carbocycles. The zero-order valence-electron chi connectivity index (χ0n) is 8.78. The van der Waals surface area contributed by atoms with Crippen molar-refractivity contribution in [3.05, 3.63) is 35.4 Å². The molecule has 0 saturated heterocycles. The minimum absolute atomic E-state index is 0.0189. The predicted octanol–water partition coefficient (Wildman–Crippen LogP) is 1.39. The van der Waals surface area contributed by atoms with E-state index in [0.717, 1.165) is 12.1 Å². The molecule has 2 rings (SSSR count). The van der Waals surface area contributed by atoms with Crippen molar-refractivity contribution in [3.8, 4) is 11.4 Å². The van der Waals surface area contributed by atoms with Crippen LogP contribution in [0.5, 0.6) is 0 Å². The normalized spacial score (nSPS) is 10.9. The van der Waals surface area contributed by atoms with Crippen LogP contribution in [0.4, 0.5) is 13.2 Å². The van der Waals surface area contributed by atoms with Gasteiger partial charge < -0.3 is 9.67 Å². The van der Waals surface area contributed by atoms with Gasteiger partial charge >= 0.3 is 0 Å². The van der Waals surface area contributed by atoms with Crippen molar-refractivity contribution in [2.24, 2.45) is 7.05 Å².